The van der Waals surface area contributed by atoms with Gasteiger partial charge >= 0.3 is 0 Å². The summed E-state index contributed by atoms with van der Waals surface area (Å²) in [5.41, 5.74) is 0. The summed E-state index contributed by atoms with van der Waals surface area (Å²) in [6, 6.07) is -0.644. The van der Waals surface area contributed by atoms with Gasteiger partial charge in [-0.3, -0.25) is 9.59 Å². The molecule has 102 valence electrons. The van der Waals surface area contributed by atoms with E-state index in [1.165, 1.54) is 0 Å². The van der Waals surface area contributed by atoms with Crippen LogP contribution in [0.1, 0.15) is 26.7 Å². The molecular formula is C13H22N2O2S. The number of nitrogens with zero attached hydrogens (tertiary/aromatic N) is 1. The number of hydrogen-bond acceptors (Lipinski definition) is 3. The molecule has 1 rings (SSSR count). The van der Waals surface area contributed by atoms with Crippen molar-refractivity contribution in [2.75, 3.05) is 18.1 Å². The minimum absolute atomic E-state index is 0.0160. The first-order valence-electron chi connectivity index (χ1n) is 6.45. The van der Waals surface area contributed by atoms with Crippen LogP contribution in [0.25, 0.3) is 0 Å². The van der Waals surface area contributed by atoms with Crippen LogP contribution in [0.4, 0.5) is 0 Å². The van der Waals surface area contributed by atoms with E-state index < -0.39 is 0 Å². The zero-order chi connectivity index (χ0) is 13.5. The Hall–Kier alpha value is -0.970. The van der Waals surface area contributed by atoms with E-state index in [2.05, 4.69) is 11.9 Å². The summed E-state index contributed by atoms with van der Waals surface area (Å²) < 4.78 is 0. The van der Waals surface area contributed by atoms with Gasteiger partial charge in [0.15, 0.2) is 0 Å². The van der Waals surface area contributed by atoms with Gasteiger partial charge in [0.05, 0.1) is 0 Å². The minimum atomic E-state index is -0.343. The van der Waals surface area contributed by atoms with Crippen LogP contribution in [0.3, 0.4) is 0 Å². The maximum absolute atomic E-state index is 12.2. The van der Waals surface area contributed by atoms with Crippen molar-refractivity contribution in [3.05, 3.63) is 12.7 Å². The molecule has 1 aliphatic rings. The van der Waals surface area contributed by atoms with Crippen molar-refractivity contribution in [2.45, 2.75) is 38.8 Å². The van der Waals surface area contributed by atoms with Gasteiger partial charge in [-0.1, -0.05) is 19.9 Å². The second-order valence-electron chi connectivity index (χ2n) is 4.29. The first kappa shape index (κ1) is 15.1. The van der Waals surface area contributed by atoms with E-state index in [0.717, 1.165) is 11.5 Å². The van der Waals surface area contributed by atoms with E-state index >= 15 is 0 Å². The molecule has 1 heterocycles. The van der Waals surface area contributed by atoms with Crippen LogP contribution in [0.5, 0.6) is 0 Å². The fraction of sp³-hybridized carbons (Fsp3) is 0.692. The Bertz CT molecular complexity index is 320. The summed E-state index contributed by atoms with van der Waals surface area (Å²) in [6.45, 7) is 8.16. The molecule has 2 amide bonds. The molecule has 5 heteroatoms. The highest BCUT2D eigenvalue weighted by atomic mass is 32.2. The molecule has 1 aliphatic heterocycles. The number of nitrogens with one attached hydrogen (secondary N) is 1. The van der Waals surface area contributed by atoms with Crippen molar-refractivity contribution in [1.29, 1.82) is 0 Å². The van der Waals surface area contributed by atoms with Gasteiger partial charge in [0.25, 0.3) is 0 Å². The summed E-state index contributed by atoms with van der Waals surface area (Å²) in [7, 11) is 0. The molecule has 0 aromatic heterocycles. The fourth-order valence-corrected chi connectivity index (χ4v) is 2.76. The lowest BCUT2D eigenvalue weighted by molar-refractivity contribution is -0.149. The molecule has 1 N–H and O–H groups in total. The third-order valence-corrected chi connectivity index (χ3v) is 4.03. The van der Waals surface area contributed by atoms with Crippen molar-refractivity contribution in [3.63, 3.8) is 0 Å². The third kappa shape index (κ3) is 3.51. The lowest BCUT2D eigenvalue weighted by atomic mass is 10.0. The number of amides is 2. The predicted octanol–water partition coefficient (Wildman–Crippen LogP) is 1.42. The second kappa shape index (κ2) is 7.46. The quantitative estimate of drug-likeness (QED) is 0.562. The zero-order valence-electron chi connectivity index (χ0n) is 11.1. The van der Waals surface area contributed by atoms with Crippen LogP contribution in [0.15, 0.2) is 12.7 Å². The lowest BCUT2D eigenvalue weighted by Crippen LogP contribution is -2.63. The molecule has 1 saturated heterocycles. The maximum Gasteiger partial charge on any atom is 0.245 e. The molecule has 2 unspecified atom stereocenters. The van der Waals surface area contributed by atoms with E-state index in [1.807, 2.05) is 19.9 Å². The van der Waals surface area contributed by atoms with Crippen LogP contribution in [-0.4, -0.2) is 46.8 Å². The van der Waals surface area contributed by atoms with Crippen LogP contribution in [0.2, 0.25) is 0 Å². The number of piperazine rings is 1. The highest BCUT2D eigenvalue weighted by Gasteiger charge is 2.38. The molecule has 1 fully saturated rings. The monoisotopic (exact) mass is 270 g/mol. The maximum atomic E-state index is 12.2. The molecule has 0 aromatic carbocycles. The Morgan fingerprint density at radius 1 is 1.39 bits per heavy atom. The second-order valence-corrected chi connectivity index (χ2v) is 5.44. The molecule has 0 radical (unpaired) electrons. The van der Waals surface area contributed by atoms with Gasteiger partial charge in [0, 0.05) is 18.1 Å². The van der Waals surface area contributed by atoms with Gasteiger partial charge in [-0.2, -0.15) is 11.8 Å². The van der Waals surface area contributed by atoms with E-state index in [1.54, 1.807) is 16.7 Å². The Morgan fingerprint density at radius 3 is 2.67 bits per heavy atom. The van der Waals surface area contributed by atoms with Gasteiger partial charge in [-0.15, -0.1) is 6.58 Å². The summed E-state index contributed by atoms with van der Waals surface area (Å²) >= 11 is 1.73. The number of carbonyl (C=O) groups excluding carboxylic acids is 2. The highest BCUT2D eigenvalue weighted by molar-refractivity contribution is 7.99. The number of carbonyl (C=O) groups is 2. The van der Waals surface area contributed by atoms with Crippen molar-refractivity contribution >= 4 is 23.6 Å². The predicted molar refractivity (Wildman–Crippen MR) is 75.5 cm³/mol. The molecular weight excluding hydrogens is 248 g/mol. The van der Waals surface area contributed by atoms with Gasteiger partial charge in [-0.25, -0.2) is 0 Å². The third-order valence-electron chi connectivity index (χ3n) is 3.08. The molecule has 0 aliphatic carbocycles. The Labute approximate surface area is 113 Å². The number of rotatable bonds is 7. The summed E-state index contributed by atoms with van der Waals surface area (Å²) in [5.74, 6) is 1.76. The van der Waals surface area contributed by atoms with E-state index in [4.69, 9.17) is 0 Å². The first-order chi connectivity index (χ1) is 8.65. The Morgan fingerprint density at radius 2 is 2.11 bits per heavy atom. The van der Waals surface area contributed by atoms with Gasteiger partial charge < -0.3 is 10.2 Å². The standard InChI is InChI=1S/C13H22N2O2S/c1-4-8-18-9-7-15-11(6-3)12(16)14-10(5-2)13(15)17/h4,10-11H,1,5-9H2,2-3H3,(H,14,16). The Kier molecular flexibility index (Phi) is 6.25. The molecule has 0 aromatic rings. The summed E-state index contributed by atoms with van der Waals surface area (Å²) in [6.07, 6.45) is 3.17. The number of thioether (sulfide) groups is 1. The smallest absolute Gasteiger partial charge is 0.245 e. The Balaban J connectivity index is 2.64. The molecule has 0 saturated carbocycles. The molecule has 4 nitrogen and oxygen atoms in total. The largest absolute Gasteiger partial charge is 0.343 e. The molecule has 2 atom stereocenters. The zero-order valence-corrected chi connectivity index (χ0v) is 12.0. The van der Waals surface area contributed by atoms with Gasteiger partial charge in [0.1, 0.15) is 12.1 Å². The van der Waals surface area contributed by atoms with Crippen LogP contribution in [-0.2, 0) is 9.59 Å². The van der Waals surface area contributed by atoms with Crippen LogP contribution < -0.4 is 5.32 Å². The van der Waals surface area contributed by atoms with Crippen molar-refractivity contribution in [2.24, 2.45) is 0 Å². The lowest BCUT2D eigenvalue weighted by Gasteiger charge is -2.38. The average molecular weight is 270 g/mol. The average Bonchev–Trinajstić information content (AvgIpc) is 2.37. The van der Waals surface area contributed by atoms with Crippen LogP contribution >= 0.6 is 11.8 Å². The highest BCUT2D eigenvalue weighted by Crippen LogP contribution is 2.15. The van der Waals surface area contributed by atoms with Crippen molar-refractivity contribution in [3.8, 4) is 0 Å². The minimum Gasteiger partial charge on any atom is -0.343 e. The SMILES string of the molecule is C=CCSCCN1C(=O)C(CC)NC(=O)C1CC. The topological polar surface area (TPSA) is 49.4 Å². The van der Waals surface area contributed by atoms with E-state index in [0.29, 0.717) is 19.4 Å². The normalized spacial score (nSPS) is 24.0. The van der Waals surface area contributed by atoms with Crippen LogP contribution in [0, 0.1) is 0 Å². The van der Waals surface area contributed by atoms with E-state index in [-0.39, 0.29) is 23.9 Å². The first-order valence-corrected chi connectivity index (χ1v) is 7.60. The fourth-order valence-electron chi connectivity index (χ4n) is 2.10. The molecule has 0 bridgehead atoms. The van der Waals surface area contributed by atoms with Gasteiger partial charge in [-0.05, 0) is 12.8 Å². The van der Waals surface area contributed by atoms with Gasteiger partial charge in [0.2, 0.25) is 11.8 Å². The number of hydrogen-bond donors (Lipinski definition) is 1. The van der Waals surface area contributed by atoms with Crippen molar-refractivity contribution in [1.82, 2.24) is 10.2 Å². The van der Waals surface area contributed by atoms with E-state index in [9.17, 15) is 9.59 Å². The molecule has 0 spiro atoms. The summed E-state index contributed by atoms with van der Waals surface area (Å²) in [4.78, 5) is 25.9. The van der Waals surface area contributed by atoms with Crippen molar-refractivity contribution < 1.29 is 9.59 Å². The summed E-state index contributed by atoms with van der Waals surface area (Å²) in [5, 5.41) is 2.80. The molecule has 18 heavy (non-hydrogen) atoms.